The van der Waals surface area contributed by atoms with Gasteiger partial charge in [-0.2, -0.15) is 0 Å². The van der Waals surface area contributed by atoms with Crippen LogP contribution in [0.2, 0.25) is 5.02 Å². The molecular formula is C10H12Cl2N2. The molecule has 1 fully saturated rings. The van der Waals surface area contributed by atoms with Gasteiger partial charge in [0.1, 0.15) is 5.82 Å². The highest BCUT2D eigenvalue weighted by atomic mass is 35.5. The molecule has 0 aliphatic carbocycles. The second-order valence-corrected chi connectivity index (χ2v) is 4.14. The summed E-state index contributed by atoms with van der Waals surface area (Å²) in [5.74, 6) is 1.45. The van der Waals surface area contributed by atoms with Crippen LogP contribution in [0.25, 0.3) is 0 Å². The van der Waals surface area contributed by atoms with Crippen molar-refractivity contribution in [2.24, 2.45) is 0 Å². The highest BCUT2D eigenvalue weighted by Crippen LogP contribution is 2.24. The summed E-state index contributed by atoms with van der Waals surface area (Å²) in [4.78, 5) is 6.57. The number of halogens is 2. The van der Waals surface area contributed by atoms with Crippen LogP contribution in [0.4, 0.5) is 5.82 Å². The number of hydrogen-bond acceptors (Lipinski definition) is 2. The Hall–Kier alpha value is -0.470. The summed E-state index contributed by atoms with van der Waals surface area (Å²) in [5, 5.41) is 0.656. The monoisotopic (exact) mass is 230 g/mol. The van der Waals surface area contributed by atoms with Gasteiger partial charge < -0.3 is 4.90 Å². The molecule has 2 nitrogen and oxygen atoms in total. The molecule has 0 atom stereocenters. The molecule has 1 aromatic rings. The second-order valence-electron chi connectivity index (χ2n) is 3.46. The van der Waals surface area contributed by atoms with E-state index in [-0.39, 0.29) is 0 Å². The maximum Gasteiger partial charge on any atom is 0.128 e. The Bertz CT molecular complexity index is 322. The zero-order chi connectivity index (χ0) is 9.97. The van der Waals surface area contributed by atoms with E-state index in [2.05, 4.69) is 9.88 Å². The highest BCUT2D eigenvalue weighted by molar-refractivity contribution is 6.32. The first kappa shape index (κ1) is 10.1. The van der Waals surface area contributed by atoms with E-state index in [0.29, 0.717) is 10.9 Å². The summed E-state index contributed by atoms with van der Waals surface area (Å²) in [6.07, 6.45) is 4.19. The molecule has 0 radical (unpaired) electrons. The van der Waals surface area contributed by atoms with Gasteiger partial charge in [-0.3, -0.25) is 0 Å². The number of alkyl halides is 1. The Kier molecular flexibility index (Phi) is 3.14. The van der Waals surface area contributed by atoms with Crippen molar-refractivity contribution in [3.8, 4) is 0 Å². The van der Waals surface area contributed by atoms with Crippen LogP contribution < -0.4 is 4.90 Å². The SMILES string of the molecule is ClCc1cc(N2CCCC2)ncc1Cl. The third kappa shape index (κ3) is 1.96. The summed E-state index contributed by atoms with van der Waals surface area (Å²) in [6, 6.07) is 1.99. The summed E-state index contributed by atoms with van der Waals surface area (Å²) in [7, 11) is 0. The van der Waals surface area contributed by atoms with Crippen molar-refractivity contribution in [1.82, 2.24) is 4.98 Å². The van der Waals surface area contributed by atoms with Crippen LogP contribution in [0, 0.1) is 0 Å². The molecule has 1 aliphatic heterocycles. The van der Waals surface area contributed by atoms with E-state index in [0.717, 1.165) is 24.5 Å². The molecule has 0 spiro atoms. The van der Waals surface area contributed by atoms with Crippen LogP contribution in [-0.2, 0) is 5.88 Å². The number of aromatic nitrogens is 1. The maximum atomic E-state index is 5.94. The van der Waals surface area contributed by atoms with Crippen molar-refractivity contribution >= 4 is 29.0 Å². The molecular weight excluding hydrogens is 219 g/mol. The summed E-state index contributed by atoms with van der Waals surface area (Å²) in [5.41, 5.74) is 0.963. The molecule has 1 aromatic heterocycles. The fraction of sp³-hybridized carbons (Fsp3) is 0.500. The Labute approximate surface area is 93.8 Å². The molecule has 0 N–H and O–H groups in total. The fourth-order valence-electron chi connectivity index (χ4n) is 1.69. The van der Waals surface area contributed by atoms with Gasteiger partial charge in [0.2, 0.25) is 0 Å². The van der Waals surface area contributed by atoms with Crippen molar-refractivity contribution in [3.05, 3.63) is 22.8 Å². The van der Waals surface area contributed by atoms with E-state index >= 15 is 0 Å². The van der Waals surface area contributed by atoms with Crippen LogP contribution >= 0.6 is 23.2 Å². The lowest BCUT2D eigenvalue weighted by Crippen LogP contribution is -2.18. The van der Waals surface area contributed by atoms with Gasteiger partial charge >= 0.3 is 0 Å². The largest absolute Gasteiger partial charge is 0.357 e. The minimum atomic E-state index is 0.447. The third-order valence-corrected chi connectivity index (χ3v) is 3.12. The van der Waals surface area contributed by atoms with Gasteiger partial charge in [-0.1, -0.05) is 11.6 Å². The molecule has 2 rings (SSSR count). The van der Waals surface area contributed by atoms with Gasteiger partial charge in [-0.15, -0.1) is 11.6 Å². The maximum absolute atomic E-state index is 5.94. The topological polar surface area (TPSA) is 16.1 Å². The quantitative estimate of drug-likeness (QED) is 0.727. The summed E-state index contributed by atoms with van der Waals surface area (Å²) >= 11 is 11.7. The van der Waals surface area contributed by atoms with Gasteiger partial charge in [-0.05, 0) is 24.5 Å². The van der Waals surface area contributed by atoms with Crippen molar-refractivity contribution in [2.75, 3.05) is 18.0 Å². The van der Waals surface area contributed by atoms with E-state index in [4.69, 9.17) is 23.2 Å². The number of anilines is 1. The number of hydrogen-bond donors (Lipinski definition) is 0. The van der Waals surface area contributed by atoms with E-state index in [1.807, 2.05) is 6.07 Å². The minimum Gasteiger partial charge on any atom is -0.357 e. The zero-order valence-corrected chi connectivity index (χ0v) is 9.35. The molecule has 0 aromatic carbocycles. The predicted octanol–water partition coefficient (Wildman–Crippen LogP) is 3.07. The second kappa shape index (κ2) is 4.37. The van der Waals surface area contributed by atoms with Crippen LogP contribution in [-0.4, -0.2) is 18.1 Å². The molecule has 1 aliphatic rings. The first-order valence-electron chi connectivity index (χ1n) is 4.76. The predicted molar refractivity (Wildman–Crippen MR) is 60.3 cm³/mol. The standard InChI is InChI=1S/C10H12Cl2N2/c11-6-8-5-10(13-7-9(8)12)14-3-1-2-4-14/h5,7H,1-4,6H2. The summed E-state index contributed by atoms with van der Waals surface area (Å²) in [6.45, 7) is 2.19. The number of rotatable bonds is 2. The Morgan fingerprint density at radius 3 is 2.71 bits per heavy atom. The van der Waals surface area contributed by atoms with Gasteiger partial charge in [0.05, 0.1) is 5.02 Å². The fourth-order valence-corrected chi connectivity index (χ4v) is 2.15. The Morgan fingerprint density at radius 1 is 1.36 bits per heavy atom. The van der Waals surface area contributed by atoms with Crippen molar-refractivity contribution in [2.45, 2.75) is 18.7 Å². The van der Waals surface area contributed by atoms with E-state index in [1.54, 1.807) is 6.20 Å². The lowest BCUT2D eigenvalue weighted by atomic mass is 10.3. The van der Waals surface area contributed by atoms with E-state index in [1.165, 1.54) is 12.8 Å². The van der Waals surface area contributed by atoms with Crippen molar-refractivity contribution in [3.63, 3.8) is 0 Å². The van der Waals surface area contributed by atoms with Crippen molar-refractivity contribution in [1.29, 1.82) is 0 Å². The van der Waals surface area contributed by atoms with Gasteiger partial charge in [0, 0.05) is 25.2 Å². The molecule has 0 unspecified atom stereocenters. The molecule has 0 saturated carbocycles. The average Bonchev–Trinajstić information content (AvgIpc) is 2.71. The highest BCUT2D eigenvalue weighted by Gasteiger charge is 2.14. The van der Waals surface area contributed by atoms with E-state index < -0.39 is 0 Å². The molecule has 14 heavy (non-hydrogen) atoms. The third-order valence-electron chi connectivity index (χ3n) is 2.49. The molecule has 4 heteroatoms. The zero-order valence-electron chi connectivity index (χ0n) is 7.84. The lowest BCUT2D eigenvalue weighted by molar-refractivity contribution is 0.935. The van der Waals surface area contributed by atoms with E-state index in [9.17, 15) is 0 Å². The minimum absolute atomic E-state index is 0.447. The summed E-state index contributed by atoms with van der Waals surface area (Å²) < 4.78 is 0. The molecule has 2 heterocycles. The van der Waals surface area contributed by atoms with Crippen LogP contribution in [0.1, 0.15) is 18.4 Å². The average molecular weight is 231 g/mol. The molecule has 76 valence electrons. The lowest BCUT2D eigenvalue weighted by Gasteiger charge is -2.16. The van der Waals surface area contributed by atoms with Crippen molar-refractivity contribution < 1.29 is 0 Å². The molecule has 1 saturated heterocycles. The molecule has 0 bridgehead atoms. The Balaban J connectivity index is 2.25. The van der Waals surface area contributed by atoms with Crippen LogP contribution in [0.3, 0.4) is 0 Å². The van der Waals surface area contributed by atoms with Gasteiger partial charge in [0.25, 0.3) is 0 Å². The van der Waals surface area contributed by atoms with Crippen LogP contribution in [0.15, 0.2) is 12.3 Å². The first-order valence-corrected chi connectivity index (χ1v) is 5.68. The smallest absolute Gasteiger partial charge is 0.128 e. The number of pyridine rings is 1. The number of nitrogens with zero attached hydrogens (tertiary/aromatic N) is 2. The van der Waals surface area contributed by atoms with Gasteiger partial charge in [0.15, 0.2) is 0 Å². The molecule has 0 amide bonds. The van der Waals surface area contributed by atoms with Crippen LogP contribution in [0.5, 0.6) is 0 Å². The normalized spacial score (nSPS) is 16.3. The van der Waals surface area contributed by atoms with Gasteiger partial charge in [-0.25, -0.2) is 4.98 Å². The Morgan fingerprint density at radius 2 is 2.07 bits per heavy atom. The first-order chi connectivity index (χ1) is 6.81.